The van der Waals surface area contributed by atoms with E-state index in [1.54, 1.807) is 13.4 Å². The number of anilines is 1. The number of nitrogens with zero attached hydrogens (tertiary/aromatic N) is 2. The molecule has 0 aromatic heterocycles. The van der Waals surface area contributed by atoms with E-state index in [4.69, 9.17) is 9.47 Å². The lowest BCUT2D eigenvalue weighted by Crippen LogP contribution is -2.54. The highest BCUT2D eigenvalue weighted by Crippen LogP contribution is 2.55. The van der Waals surface area contributed by atoms with Crippen LogP contribution in [0.5, 0.6) is 0 Å². The van der Waals surface area contributed by atoms with E-state index in [0.717, 1.165) is 49.2 Å². The number of carbonyl (C=O) groups is 2. The summed E-state index contributed by atoms with van der Waals surface area (Å²) in [5.41, 5.74) is 3.22. The van der Waals surface area contributed by atoms with Gasteiger partial charge in [-0.05, 0) is 48.4 Å². The van der Waals surface area contributed by atoms with E-state index in [1.165, 1.54) is 7.11 Å². The van der Waals surface area contributed by atoms with Gasteiger partial charge in [0, 0.05) is 18.3 Å². The number of piperidine rings is 1. The molecule has 4 atom stereocenters. The van der Waals surface area contributed by atoms with Crippen LogP contribution in [0.25, 0.3) is 0 Å². The van der Waals surface area contributed by atoms with Gasteiger partial charge in [-0.25, -0.2) is 4.79 Å². The van der Waals surface area contributed by atoms with Gasteiger partial charge >= 0.3 is 5.97 Å². The third kappa shape index (κ3) is 4.10. The molecular formula is C29H35ClN2O4. The molecule has 192 valence electrons. The van der Waals surface area contributed by atoms with Gasteiger partial charge in [0.05, 0.1) is 38.0 Å². The highest BCUT2D eigenvalue weighted by molar-refractivity contribution is 6.09. The molecule has 2 fully saturated rings. The van der Waals surface area contributed by atoms with Crippen molar-refractivity contribution in [2.24, 2.45) is 11.8 Å². The first-order valence-corrected chi connectivity index (χ1v) is 12.6. The Labute approximate surface area is 219 Å². The highest BCUT2D eigenvalue weighted by Gasteiger charge is 2.62. The largest absolute Gasteiger partial charge is 0.504 e. The lowest BCUT2D eigenvalue weighted by atomic mass is 9.67. The van der Waals surface area contributed by atoms with Crippen LogP contribution < -0.4 is 4.90 Å². The summed E-state index contributed by atoms with van der Waals surface area (Å²) in [5.74, 6) is 0.111. The molecule has 2 saturated heterocycles. The van der Waals surface area contributed by atoms with Gasteiger partial charge in [0.15, 0.2) is 0 Å². The Morgan fingerprint density at radius 1 is 1.11 bits per heavy atom. The number of benzene rings is 2. The molecule has 0 aliphatic carbocycles. The Morgan fingerprint density at radius 2 is 1.83 bits per heavy atom. The number of amides is 1. The Bertz CT molecular complexity index is 1140. The van der Waals surface area contributed by atoms with Crippen LogP contribution in [0.15, 0.2) is 66.4 Å². The fourth-order valence-electron chi connectivity index (χ4n) is 6.75. The number of esters is 1. The van der Waals surface area contributed by atoms with Gasteiger partial charge in [-0.2, -0.15) is 0 Å². The van der Waals surface area contributed by atoms with Crippen molar-refractivity contribution in [3.8, 4) is 0 Å². The molecule has 3 heterocycles. The highest BCUT2D eigenvalue weighted by atomic mass is 35.5. The third-order valence-electron chi connectivity index (χ3n) is 8.39. The summed E-state index contributed by atoms with van der Waals surface area (Å²) < 4.78 is 10.4. The van der Waals surface area contributed by atoms with Crippen molar-refractivity contribution >= 4 is 30.0 Å². The normalized spacial score (nSPS) is 27.4. The van der Waals surface area contributed by atoms with Crippen LogP contribution in [0.3, 0.4) is 0 Å². The smallest absolute Gasteiger partial charge is 0.337 e. The summed E-state index contributed by atoms with van der Waals surface area (Å²) in [4.78, 5) is 31.6. The number of rotatable bonds is 6. The van der Waals surface area contributed by atoms with E-state index in [0.29, 0.717) is 18.0 Å². The predicted molar refractivity (Wildman–Crippen MR) is 142 cm³/mol. The summed E-state index contributed by atoms with van der Waals surface area (Å²) in [6.07, 6.45) is 4.01. The van der Waals surface area contributed by atoms with Crippen LogP contribution in [-0.4, -0.2) is 50.1 Å². The van der Waals surface area contributed by atoms with Crippen molar-refractivity contribution < 1.29 is 19.1 Å². The van der Waals surface area contributed by atoms with Gasteiger partial charge in [0.2, 0.25) is 5.91 Å². The first kappa shape index (κ1) is 26.2. The number of hydrogen-bond acceptors (Lipinski definition) is 5. The van der Waals surface area contributed by atoms with Gasteiger partial charge in [-0.3, -0.25) is 9.69 Å². The number of para-hydroxylation sites is 1. The lowest BCUT2D eigenvalue weighted by molar-refractivity contribution is -0.137. The third-order valence-corrected chi connectivity index (χ3v) is 8.39. The Balaban J connectivity index is 0.00000304. The first-order chi connectivity index (χ1) is 17.0. The minimum atomic E-state index is -0.601. The molecule has 36 heavy (non-hydrogen) atoms. The van der Waals surface area contributed by atoms with Crippen molar-refractivity contribution in [3.63, 3.8) is 0 Å². The molecular weight excluding hydrogens is 476 g/mol. The Morgan fingerprint density at radius 3 is 2.53 bits per heavy atom. The molecule has 0 bridgehead atoms. The standard InChI is InChI=1S/C29H34N2O4.ClH/c1-4-21-18-30-15-14-29(26(30)16-22(21)23(19-34-2)27(32)35-3)24-12-8-9-13-25(24)31(28(29)33)17-20-10-6-5-7-11-20;/h5-13,19,21-22,26H,4,14-18H2,1-3H3;1H/b23-19+;/t21-,22-,26-,29+;/m0./s1. The topological polar surface area (TPSA) is 59.1 Å². The van der Waals surface area contributed by atoms with E-state index < -0.39 is 5.41 Å². The minimum absolute atomic E-state index is 0. The minimum Gasteiger partial charge on any atom is -0.504 e. The molecule has 3 aliphatic heterocycles. The zero-order valence-corrected chi connectivity index (χ0v) is 22.0. The van der Waals surface area contributed by atoms with E-state index in [9.17, 15) is 9.59 Å². The predicted octanol–water partition coefficient (Wildman–Crippen LogP) is 4.72. The summed E-state index contributed by atoms with van der Waals surface area (Å²) in [6.45, 7) is 4.47. The summed E-state index contributed by atoms with van der Waals surface area (Å²) in [6, 6.07) is 18.5. The van der Waals surface area contributed by atoms with Crippen molar-refractivity contribution in [1.82, 2.24) is 4.90 Å². The van der Waals surface area contributed by atoms with Crippen LogP contribution in [0.1, 0.15) is 37.3 Å². The molecule has 7 heteroatoms. The summed E-state index contributed by atoms with van der Waals surface area (Å²) in [5, 5.41) is 0. The van der Waals surface area contributed by atoms with Crippen LogP contribution in [0.4, 0.5) is 5.69 Å². The summed E-state index contributed by atoms with van der Waals surface area (Å²) >= 11 is 0. The molecule has 2 aromatic rings. The maximum Gasteiger partial charge on any atom is 0.337 e. The van der Waals surface area contributed by atoms with Crippen molar-refractivity contribution in [3.05, 3.63) is 77.6 Å². The van der Waals surface area contributed by atoms with E-state index in [1.807, 2.05) is 35.2 Å². The van der Waals surface area contributed by atoms with Crippen LogP contribution in [-0.2, 0) is 31.0 Å². The molecule has 2 aromatic carbocycles. The molecule has 3 aliphatic rings. The van der Waals surface area contributed by atoms with Crippen molar-refractivity contribution in [2.75, 3.05) is 32.2 Å². The van der Waals surface area contributed by atoms with Gasteiger partial charge in [-0.1, -0.05) is 61.9 Å². The Hall–Kier alpha value is -2.83. The van der Waals surface area contributed by atoms with E-state index in [-0.39, 0.29) is 36.2 Å². The molecule has 5 rings (SSSR count). The van der Waals surface area contributed by atoms with Gasteiger partial charge in [0.1, 0.15) is 0 Å². The number of carbonyl (C=O) groups excluding carboxylic acids is 2. The number of methoxy groups -OCH3 is 2. The molecule has 1 amide bonds. The number of fused-ring (bicyclic) bond motifs is 4. The zero-order valence-electron chi connectivity index (χ0n) is 21.2. The van der Waals surface area contributed by atoms with Crippen LogP contribution in [0, 0.1) is 11.8 Å². The second-order valence-corrected chi connectivity index (χ2v) is 9.94. The van der Waals surface area contributed by atoms with Crippen LogP contribution >= 0.6 is 12.4 Å². The van der Waals surface area contributed by atoms with Crippen LogP contribution in [0.2, 0.25) is 0 Å². The SMILES string of the molecule is CC[C@H]1CN2CC[C@]3(C(=O)N(Cc4ccccc4)c4ccccc43)[C@@H]2C[C@@H]1/C(=C\OC)C(=O)OC.Cl. The number of halogens is 1. The van der Waals surface area contributed by atoms with Crippen molar-refractivity contribution in [1.29, 1.82) is 0 Å². The van der Waals surface area contributed by atoms with Gasteiger partial charge in [0.25, 0.3) is 0 Å². The van der Waals surface area contributed by atoms with Crippen molar-refractivity contribution in [2.45, 2.75) is 44.2 Å². The molecule has 0 N–H and O–H groups in total. The maximum atomic E-state index is 14.4. The summed E-state index contributed by atoms with van der Waals surface area (Å²) in [7, 11) is 2.98. The molecule has 1 spiro atoms. The van der Waals surface area contributed by atoms with E-state index in [2.05, 4.69) is 36.1 Å². The average Bonchev–Trinajstić information content (AvgIpc) is 3.38. The monoisotopic (exact) mass is 510 g/mol. The van der Waals surface area contributed by atoms with E-state index >= 15 is 0 Å². The second-order valence-electron chi connectivity index (χ2n) is 9.94. The van der Waals surface area contributed by atoms with Gasteiger partial charge < -0.3 is 14.4 Å². The molecule has 0 unspecified atom stereocenters. The second kappa shape index (κ2) is 10.7. The molecule has 0 saturated carbocycles. The maximum absolute atomic E-state index is 14.4. The lowest BCUT2D eigenvalue weighted by Gasteiger charge is -2.45. The average molecular weight is 511 g/mol. The molecule has 0 radical (unpaired) electrons. The Kier molecular flexibility index (Phi) is 7.76. The number of hydrogen-bond donors (Lipinski definition) is 0. The fraction of sp³-hybridized carbons (Fsp3) is 0.448. The quantitative estimate of drug-likeness (QED) is 0.320. The fourth-order valence-corrected chi connectivity index (χ4v) is 6.75. The molecule has 6 nitrogen and oxygen atoms in total. The number of ether oxygens (including phenoxy) is 2. The first-order valence-electron chi connectivity index (χ1n) is 12.6. The zero-order chi connectivity index (χ0) is 24.6. The van der Waals surface area contributed by atoms with Gasteiger partial charge in [-0.15, -0.1) is 12.4 Å².